The maximum absolute atomic E-state index is 11.9. The van der Waals surface area contributed by atoms with Crippen molar-refractivity contribution in [1.82, 2.24) is 0 Å². The van der Waals surface area contributed by atoms with Gasteiger partial charge in [-0.25, -0.2) is 0 Å². The molecule has 1 heterocycles. The lowest BCUT2D eigenvalue weighted by molar-refractivity contribution is -0.144. The molecule has 5 fully saturated rings. The number of carbonyl (C=O) groups excluding carboxylic acids is 1. The lowest BCUT2D eigenvalue weighted by atomic mass is 9.48. The molecule has 0 bridgehead atoms. The largest absolute Gasteiger partial charge is 0.464 e. The minimum atomic E-state index is -0.401. The Hall–Kier alpha value is -0.950. The van der Waals surface area contributed by atoms with E-state index in [0.29, 0.717) is 24.4 Å². The number of hydrogen-bond acceptors (Lipinski definition) is 6. The third-order valence-electron chi connectivity index (χ3n) is 10.6. The Morgan fingerprint density at radius 3 is 3.03 bits per heavy atom. The maximum atomic E-state index is 11.9. The van der Waals surface area contributed by atoms with E-state index in [9.17, 15) is 9.90 Å². The molecule has 1 saturated heterocycles. The first-order valence-corrected chi connectivity index (χ1v) is 13.0. The number of esters is 1. The second-order valence-electron chi connectivity index (χ2n) is 11.6. The molecule has 4 saturated carbocycles. The first kappa shape index (κ1) is 21.6. The van der Waals surface area contributed by atoms with E-state index in [1.807, 2.05) is 0 Å². The normalized spacial score (nSPS) is 52.8. The van der Waals surface area contributed by atoms with E-state index in [1.54, 1.807) is 5.57 Å². The van der Waals surface area contributed by atoms with Crippen molar-refractivity contribution in [3.8, 4) is 0 Å². The smallest absolute Gasteiger partial charge is 0.319 e. The van der Waals surface area contributed by atoms with Crippen LogP contribution in [-0.2, 0) is 19.0 Å². The molecule has 10 atom stereocenters. The van der Waals surface area contributed by atoms with Crippen LogP contribution in [-0.4, -0.2) is 48.3 Å². The minimum absolute atomic E-state index is 0.0488. The van der Waals surface area contributed by atoms with Gasteiger partial charge in [-0.15, -0.1) is 0 Å². The van der Waals surface area contributed by atoms with Crippen LogP contribution in [0.2, 0.25) is 0 Å². The number of aliphatic hydroxyl groups is 1. The number of carbonyl (C=O) groups is 1. The third-order valence-corrected chi connectivity index (χ3v) is 10.6. The second kappa shape index (κ2) is 7.27. The predicted molar refractivity (Wildman–Crippen MR) is 118 cm³/mol. The molecule has 0 aromatic rings. The van der Waals surface area contributed by atoms with Gasteiger partial charge in [-0.05, 0) is 74.5 Å². The highest BCUT2D eigenvalue weighted by molar-refractivity contribution is 5.71. The van der Waals surface area contributed by atoms with Gasteiger partial charge >= 0.3 is 5.97 Å². The first-order chi connectivity index (χ1) is 15.4. The van der Waals surface area contributed by atoms with Gasteiger partial charge in [0.2, 0.25) is 0 Å². The van der Waals surface area contributed by atoms with Crippen molar-refractivity contribution in [1.29, 1.82) is 0 Å². The molecule has 3 N–H and O–H groups in total. The molecule has 6 heteroatoms. The van der Waals surface area contributed by atoms with Crippen molar-refractivity contribution in [2.45, 2.75) is 95.7 Å². The molecule has 32 heavy (non-hydrogen) atoms. The number of aliphatic hydroxyl groups excluding tert-OH is 1. The van der Waals surface area contributed by atoms with E-state index in [0.717, 1.165) is 38.5 Å². The summed E-state index contributed by atoms with van der Waals surface area (Å²) in [5.41, 5.74) is 6.68. The van der Waals surface area contributed by atoms with Gasteiger partial charge in [-0.1, -0.05) is 31.9 Å². The quantitative estimate of drug-likeness (QED) is 0.498. The fourth-order valence-electron chi connectivity index (χ4n) is 9.57. The molecule has 6 nitrogen and oxygen atoms in total. The Balaban J connectivity index is 1.34. The van der Waals surface area contributed by atoms with Gasteiger partial charge in [0.15, 0.2) is 6.29 Å². The number of hydrogen-bond donors (Lipinski definition) is 2. The van der Waals surface area contributed by atoms with Gasteiger partial charge in [0.1, 0.15) is 5.60 Å². The van der Waals surface area contributed by atoms with Crippen molar-refractivity contribution in [2.24, 2.45) is 40.2 Å². The summed E-state index contributed by atoms with van der Waals surface area (Å²) in [4.78, 5) is 11.9. The summed E-state index contributed by atoms with van der Waals surface area (Å²) >= 11 is 0. The van der Waals surface area contributed by atoms with Crippen molar-refractivity contribution in [2.75, 3.05) is 13.2 Å². The summed E-state index contributed by atoms with van der Waals surface area (Å²) in [6.45, 7) is 4.80. The van der Waals surface area contributed by atoms with Crippen LogP contribution in [0.4, 0.5) is 0 Å². The van der Waals surface area contributed by atoms with Crippen LogP contribution < -0.4 is 5.73 Å². The Kier molecular flexibility index (Phi) is 4.90. The van der Waals surface area contributed by atoms with Crippen LogP contribution in [0.5, 0.6) is 0 Å². The Bertz CT molecular complexity index is 829. The highest BCUT2D eigenvalue weighted by Crippen LogP contribution is 2.84. The first-order valence-electron chi connectivity index (χ1n) is 13.0. The molecule has 6 aliphatic rings. The van der Waals surface area contributed by atoms with Crippen LogP contribution in [0, 0.1) is 34.5 Å². The van der Waals surface area contributed by atoms with E-state index in [1.165, 1.54) is 19.3 Å². The van der Waals surface area contributed by atoms with Gasteiger partial charge in [0.05, 0.1) is 25.4 Å². The van der Waals surface area contributed by atoms with Crippen LogP contribution >= 0.6 is 0 Å². The zero-order chi connectivity index (χ0) is 22.3. The van der Waals surface area contributed by atoms with E-state index >= 15 is 0 Å². The summed E-state index contributed by atoms with van der Waals surface area (Å²) in [5, 5.41) is 11.7. The minimum Gasteiger partial charge on any atom is -0.464 e. The van der Waals surface area contributed by atoms with E-state index in [4.69, 9.17) is 19.9 Å². The molecular formula is C26H39NO5. The molecular weight excluding hydrogens is 406 g/mol. The molecule has 5 aliphatic carbocycles. The molecule has 0 radical (unpaired) electrons. The topological polar surface area (TPSA) is 91.0 Å². The fraction of sp³-hybridized carbons (Fsp3) is 0.885. The van der Waals surface area contributed by atoms with Crippen molar-refractivity contribution in [3.63, 3.8) is 0 Å². The van der Waals surface area contributed by atoms with Gasteiger partial charge in [-0.2, -0.15) is 0 Å². The summed E-state index contributed by atoms with van der Waals surface area (Å²) in [6.07, 6.45) is 11.5. The van der Waals surface area contributed by atoms with Gasteiger partial charge in [0, 0.05) is 11.3 Å². The number of allylic oxidation sites excluding steroid dienone is 2. The summed E-state index contributed by atoms with van der Waals surface area (Å²) in [7, 11) is 0. The standard InChI is InChI=1S/C26H39NO5/c1-3-6-22-31-20-11-17-16-9-8-15-7-4-5-10-24(15,2)23(16)18(28)12-25(17)19(26(20,25)32-22)14-30-21(29)13-27/h7,16-20,22-23,28H,3-6,8-14,27H2,1-2H3/t16?,17?,18-,19?,20?,22?,23?,24-,25-,26?/m0/s1. The molecule has 6 rings (SSSR count). The molecule has 7 unspecified atom stereocenters. The van der Waals surface area contributed by atoms with Crippen LogP contribution in [0.3, 0.4) is 0 Å². The maximum Gasteiger partial charge on any atom is 0.319 e. The van der Waals surface area contributed by atoms with Crippen molar-refractivity contribution in [3.05, 3.63) is 11.6 Å². The summed E-state index contributed by atoms with van der Waals surface area (Å²) in [6, 6.07) is 0. The van der Waals surface area contributed by atoms with Crippen LogP contribution in [0.15, 0.2) is 11.6 Å². The Morgan fingerprint density at radius 1 is 1.41 bits per heavy atom. The van der Waals surface area contributed by atoms with E-state index < -0.39 is 5.60 Å². The number of rotatable bonds is 5. The second-order valence-corrected chi connectivity index (χ2v) is 11.6. The fourth-order valence-corrected chi connectivity index (χ4v) is 9.57. The number of fused-ring (bicyclic) bond motifs is 4. The molecule has 178 valence electrons. The van der Waals surface area contributed by atoms with E-state index in [2.05, 4.69) is 19.9 Å². The van der Waals surface area contributed by atoms with Crippen molar-refractivity contribution >= 4 is 5.97 Å². The molecule has 0 aromatic heterocycles. The molecule has 2 spiro atoms. The summed E-state index contributed by atoms with van der Waals surface area (Å²) < 4.78 is 18.8. The lowest BCUT2D eigenvalue weighted by Crippen LogP contribution is -2.54. The predicted octanol–water partition coefficient (Wildman–Crippen LogP) is 3.31. The number of nitrogens with two attached hydrogens (primary N) is 1. The Morgan fingerprint density at radius 2 is 2.25 bits per heavy atom. The van der Waals surface area contributed by atoms with Crippen molar-refractivity contribution < 1.29 is 24.1 Å². The molecule has 0 aromatic carbocycles. The monoisotopic (exact) mass is 445 g/mol. The Labute approximate surface area is 191 Å². The van der Waals surface area contributed by atoms with Gasteiger partial charge in [-0.3, -0.25) is 4.79 Å². The van der Waals surface area contributed by atoms with Gasteiger partial charge in [0.25, 0.3) is 0 Å². The highest BCUT2D eigenvalue weighted by Gasteiger charge is 2.91. The SMILES string of the molecule is CCCC1OC2CC3C4CCC5=CCCC[C@]5(C)C4[C@@H](O)C[C@@]34C(COC(=O)CN)C24O1. The third kappa shape index (κ3) is 2.53. The highest BCUT2D eigenvalue weighted by atomic mass is 16.7. The molecule has 1 aliphatic heterocycles. The van der Waals surface area contributed by atoms with Crippen LogP contribution in [0.25, 0.3) is 0 Å². The lowest BCUT2D eigenvalue weighted by Gasteiger charge is -2.57. The average Bonchev–Trinajstić information content (AvgIpc) is 3.01. The average molecular weight is 446 g/mol. The zero-order valence-corrected chi connectivity index (χ0v) is 19.6. The van der Waals surface area contributed by atoms with Crippen LogP contribution in [0.1, 0.15) is 71.6 Å². The van der Waals surface area contributed by atoms with E-state index in [-0.39, 0.29) is 47.8 Å². The number of ether oxygens (including phenoxy) is 3. The van der Waals surface area contributed by atoms with Gasteiger partial charge < -0.3 is 25.1 Å². The zero-order valence-electron chi connectivity index (χ0n) is 19.6. The molecule has 0 amide bonds. The summed E-state index contributed by atoms with van der Waals surface area (Å²) in [5.74, 6) is 0.992.